The quantitative estimate of drug-likeness (QED) is 0.855. The molecule has 2 aromatic rings. The lowest BCUT2D eigenvalue weighted by atomic mass is 10.2. The monoisotopic (exact) mass is 345 g/mol. The van der Waals surface area contributed by atoms with Crippen LogP contribution in [0.5, 0.6) is 0 Å². The van der Waals surface area contributed by atoms with Gasteiger partial charge in [0.25, 0.3) is 0 Å². The van der Waals surface area contributed by atoms with Crippen LogP contribution in [0.25, 0.3) is 0 Å². The summed E-state index contributed by atoms with van der Waals surface area (Å²) in [5.41, 5.74) is 1.20. The Labute approximate surface area is 140 Å². The minimum absolute atomic E-state index is 0.136. The molecule has 0 spiro atoms. The molecule has 124 valence electrons. The lowest BCUT2D eigenvalue weighted by Crippen LogP contribution is -2.48. The van der Waals surface area contributed by atoms with E-state index in [1.54, 1.807) is 24.3 Å². The highest BCUT2D eigenvalue weighted by Gasteiger charge is 2.28. The number of anilines is 1. The fraction of sp³-hybridized carbons (Fsp3) is 0.235. The van der Waals surface area contributed by atoms with Crippen LogP contribution >= 0.6 is 0 Å². The van der Waals surface area contributed by atoms with Crippen molar-refractivity contribution in [2.45, 2.75) is 4.90 Å². The third kappa shape index (κ3) is 3.25. The van der Waals surface area contributed by atoms with Crippen LogP contribution in [0.1, 0.15) is 5.56 Å². The van der Waals surface area contributed by atoms with Crippen molar-refractivity contribution in [2.75, 3.05) is 31.1 Å². The standard InChI is InChI=1S/C17H16FN3O2S/c18-15-4-6-16(7-5-15)20-8-10-21(11-9-20)24(22,23)17-3-1-2-14(12-17)13-19/h1-7,12H,8-11H2. The minimum atomic E-state index is -3.61. The molecule has 3 rings (SSSR count). The Bertz CT molecular complexity index is 867. The topological polar surface area (TPSA) is 64.4 Å². The van der Waals surface area contributed by atoms with Crippen molar-refractivity contribution in [1.82, 2.24) is 4.31 Å². The Balaban J connectivity index is 1.73. The summed E-state index contributed by atoms with van der Waals surface area (Å²) in [5.74, 6) is -0.294. The highest BCUT2D eigenvalue weighted by molar-refractivity contribution is 7.89. The second-order valence-electron chi connectivity index (χ2n) is 5.51. The number of rotatable bonds is 3. The minimum Gasteiger partial charge on any atom is -0.369 e. The first-order valence-electron chi connectivity index (χ1n) is 7.51. The van der Waals surface area contributed by atoms with E-state index in [4.69, 9.17) is 5.26 Å². The van der Waals surface area contributed by atoms with Crippen LogP contribution in [0.3, 0.4) is 0 Å². The molecule has 0 bridgehead atoms. The molecular formula is C17H16FN3O2S. The molecule has 1 fully saturated rings. The zero-order valence-electron chi connectivity index (χ0n) is 12.9. The van der Waals surface area contributed by atoms with E-state index < -0.39 is 10.0 Å². The van der Waals surface area contributed by atoms with Gasteiger partial charge in [-0.3, -0.25) is 0 Å². The van der Waals surface area contributed by atoms with Crippen LogP contribution in [0.15, 0.2) is 53.4 Å². The van der Waals surface area contributed by atoms with E-state index in [9.17, 15) is 12.8 Å². The van der Waals surface area contributed by atoms with Gasteiger partial charge in [-0.15, -0.1) is 0 Å². The zero-order valence-corrected chi connectivity index (χ0v) is 13.7. The van der Waals surface area contributed by atoms with E-state index in [0.29, 0.717) is 31.7 Å². The van der Waals surface area contributed by atoms with Gasteiger partial charge in [-0.1, -0.05) is 6.07 Å². The molecule has 0 saturated carbocycles. The largest absolute Gasteiger partial charge is 0.369 e. The number of nitrogens with zero attached hydrogens (tertiary/aromatic N) is 3. The smallest absolute Gasteiger partial charge is 0.243 e. The molecule has 0 N–H and O–H groups in total. The van der Waals surface area contributed by atoms with Crippen molar-refractivity contribution in [3.8, 4) is 6.07 Å². The molecule has 1 aliphatic rings. The number of piperazine rings is 1. The average molecular weight is 345 g/mol. The van der Waals surface area contributed by atoms with Crippen LogP contribution in [0, 0.1) is 17.1 Å². The Hall–Kier alpha value is -2.43. The Morgan fingerprint density at radius 2 is 1.67 bits per heavy atom. The Kier molecular flexibility index (Phi) is 4.51. The highest BCUT2D eigenvalue weighted by atomic mass is 32.2. The molecule has 5 nitrogen and oxygen atoms in total. The van der Waals surface area contributed by atoms with Crippen molar-refractivity contribution < 1.29 is 12.8 Å². The molecule has 0 amide bonds. The maximum Gasteiger partial charge on any atom is 0.243 e. The van der Waals surface area contributed by atoms with Crippen molar-refractivity contribution in [3.63, 3.8) is 0 Å². The van der Waals surface area contributed by atoms with Gasteiger partial charge in [0, 0.05) is 31.9 Å². The summed E-state index contributed by atoms with van der Waals surface area (Å²) in [5, 5.41) is 8.93. The van der Waals surface area contributed by atoms with E-state index in [1.165, 1.54) is 28.6 Å². The summed E-state index contributed by atoms with van der Waals surface area (Å²) < 4.78 is 39.8. The van der Waals surface area contributed by atoms with Crippen molar-refractivity contribution >= 4 is 15.7 Å². The van der Waals surface area contributed by atoms with E-state index >= 15 is 0 Å². The summed E-state index contributed by atoms with van der Waals surface area (Å²) >= 11 is 0. The molecule has 1 aliphatic heterocycles. The fourth-order valence-corrected chi connectivity index (χ4v) is 4.18. The zero-order chi connectivity index (χ0) is 17.2. The molecular weight excluding hydrogens is 329 g/mol. The second-order valence-corrected chi connectivity index (χ2v) is 7.45. The Morgan fingerprint density at radius 3 is 2.29 bits per heavy atom. The molecule has 0 aliphatic carbocycles. The van der Waals surface area contributed by atoms with E-state index in [2.05, 4.69) is 0 Å². The van der Waals surface area contributed by atoms with Crippen LogP contribution < -0.4 is 4.90 Å². The van der Waals surface area contributed by atoms with Gasteiger partial charge in [0.05, 0.1) is 16.5 Å². The van der Waals surface area contributed by atoms with Gasteiger partial charge in [0.15, 0.2) is 0 Å². The first-order valence-corrected chi connectivity index (χ1v) is 8.95. The average Bonchev–Trinajstić information content (AvgIpc) is 2.62. The number of hydrogen-bond donors (Lipinski definition) is 0. The lowest BCUT2D eigenvalue weighted by molar-refractivity contribution is 0.385. The predicted molar refractivity (Wildman–Crippen MR) is 88.5 cm³/mol. The normalized spacial score (nSPS) is 15.9. The molecule has 24 heavy (non-hydrogen) atoms. The van der Waals surface area contributed by atoms with E-state index in [0.717, 1.165) is 5.69 Å². The first-order chi connectivity index (χ1) is 11.5. The van der Waals surface area contributed by atoms with Gasteiger partial charge in [0.1, 0.15) is 5.82 Å². The number of nitriles is 1. The molecule has 7 heteroatoms. The molecule has 0 aromatic heterocycles. The van der Waals surface area contributed by atoms with Crippen molar-refractivity contribution in [3.05, 3.63) is 59.9 Å². The van der Waals surface area contributed by atoms with Crippen LogP contribution in [-0.2, 0) is 10.0 Å². The number of halogens is 1. The number of sulfonamides is 1. The van der Waals surface area contributed by atoms with Crippen molar-refractivity contribution in [2.24, 2.45) is 0 Å². The summed E-state index contributed by atoms with van der Waals surface area (Å²) in [4.78, 5) is 2.16. The van der Waals surface area contributed by atoms with Gasteiger partial charge in [-0.25, -0.2) is 12.8 Å². The molecule has 0 radical (unpaired) electrons. The van der Waals surface area contributed by atoms with Gasteiger partial charge in [0.2, 0.25) is 10.0 Å². The molecule has 0 atom stereocenters. The fourth-order valence-electron chi connectivity index (χ4n) is 2.71. The third-order valence-corrected chi connectivity index (χ3v) is 5.93. The maximum absolute atomic E-state index is 13.0. The van der Waals surface area contributed by atoms with Gasteiger partial charge >= 0.3 is 0 Å². The first kappa shape index (κ1) is 16.4. The van der Waals surface area contributed by atoms with E-state index in [1.807, 2.05) is 11.0 Å². The second kappa shape index (κ2) is 6.59. The summed E-state index contributed by atoms with van der Waals surface area (Å²) in [6.45, 7) is 1.75. The highest BCUT2D eigenvalue weighted by Crippen LogP contribution is 2.22. The summed E-state index contributed by atoms with van der Waals surface area (Å²) in [6.07, 6.45) is 0. The van der Waals surface area contributed by atoms with Gasteiger partial charge in [-0.2, -0.15) is 9.57 Å². The van der Waals surface area contributed by atoms with Gasteiger partial charge in [-0.05, 0) is 42.5 Å². The number of hydrogen-bond acceptors (Lipinski definition) is 4. The third-order valence-electron chi connectivity index (χ3n) is 4.03. The molecule has 1 saturated heterocycles. The van der Waals surface area contributed by atoms with Gasteiger partial charge < -0.3 is 4.90 Å². The molecule has 1 heterocycles. The van der Waals surface area contributed by atoms with E-state index in [-0.39, 0.29) is 10.7 Å². The molecule has 0 unspecified atom stereocenters. The van der Waals surface area contributed by atoms with Crippen LogP contribution in [0.4, 0.5) is 10.1 Å². The molecule has 2 aromatic carbocycles. The SMILES string of the molecule is N#Cc1cccc(S(=O)(=O)N2CCN(c3ccc(F)cc3)CC2)c1. The summed E-state index contributed by atoms with van der Waals surface area (Å²) in [7, 11) is -3.61. The predicted octanol–water partition coefficient (Wildman–Crippen LogP) is 2.21. The van der Waals surface area contributed by atoms with Crippen LogP contribution in [0.2, 0.25) is 0 Å². The van der Waals surface area contributed by atoms with Crippen LogP contribution in [-0.4, -0.2) is 38.9 Å². The summed E-state index contributed by atoms with van der Waals surface area (Å²) in [6, 6.07) is 14.2. The maximum atomic E-state index is 13.0. The Morgan fingerprint density at radius 1 is 1.00 bits per heavy atom. The number of benzene rings is 2. The lowest BCUT2D eigenvalue weighted by Gasteiger charge is -2.35. The van der Waals surface area contributed by atoms with Crippen molar-refractivity contribution in [1.29, 1.82) is 5.26 Å².